The lowest BCUT2D eigenvalue weighted by Crippen LogP contribution is -2.39. The van der Waals surface area contributed by atoms with Crippen LogP contribution >= 0.6 is 11.3 Å². The van der Waals surface area contributed by atoms with Crippen LogP contribution in [0.25, 0.3) is 0 Å². The molecule has 2 atom stereocenters. The van der Waals surface area contributed by atoms with Crippen LogP contribution in [0.1, 0.15) is 56.7 Å². The molecule has 4 bridgehead atoms. The molecule has 0 aliphatic heterocycles. The Kier molecular flexibility index (Phi) is 2.45. The highest BCUT2D eigenvalue weighted by atomic mass is 32.1. The Balaban J connectivity index is 1.60. The molecule has 1 aromatic heterocycles. The van der Waals surface area contributed by atoms with E-state index in [9.17, 15) is 5.11 Å². The Hall–Kier alpha value is -0.770. The van der Waals surface area contributed by atoms with Crippen molar-refractivity contribution in [2.75, 3.05) is 5.32 Å². The summed E-state index contributed by atoms with van der Waals surface area (Å²) in [5.41, 5.74) is 0.312. The maximum Gasteiger partial charge on any atom is 0.227 e. The number of aromatic hydroxyl groups is 1. The second kappa shape index (κ2) is 3.87. The summed E-state index contributed by atoms with van der Waals surface area (Å²) in [5, 5.41) is 14.6. The first-order chi connectivity index (χ1) is 9.06. The van der Waals surface area contributed by atoms with Crippen LogP contribution in [-0.2, 0) is 0 Å². The first-order valence-electron chi connectivity index (χ1n) is 7.53. The summed E-state index contributed by atoms with van der Waals surface area (Å²) in [6.45, 7) is 4.22. The van der Waals surface area contributed by atoms with Crippen LogP contribution in [0.2, 0.25) is 0 Å². The lowest BCUT2D eigenvalue weighted by atomic mass is 9.80. The predicted octanol–water partition coefficient (Wildman–Crippen LogP) is 3.96. The van der Waals surface area contributed by atoms with Gasteiger partial charge in [0.2, 0.25) is 5.88 Å². The van der Waals surface area contributed by atoms with Crippen LogP contribution in [0, 0.1) is 17.8 Å². The van der Waals surface area contributed by atoms with E-state index in [1.165, 1.54) is 32.1 Å². The lowest BCUT2D eigenvalue weighted by molar-refractivity contribution is 0.274. The van der Waals surface area contributed by atoms with Crippen molar-refractivity contribution >= 4 is 16.5 Å². The Labute approximate surface area is 118 Å². The molecule has 4 saturated carbocycles. The van der Waals surface area contributed by atoms with E-state index in [-0.39, 0.29) is 5.88 Å². The molecule has 2 N–H and O–H groups in total. The van der Waals surface area contributed by atoms with E-state index in [4.69, 9.17) is 0 Å². The second-order valence-electron chi connectivity index (χ2n) is 7.19. The first kappa shape index (κ1) is 12.0. The third-order valence-corrected chi connectivity index (χ3v) is 6.77. The number of thiazole rings is 1. The Morgan fingerprint density at radius 2 is 1.95 bits per heavy atom. The fourth-order valence-electron chi connectivity index (χ4n) is 4.97. The van der Waals surface area contributed by atoms with Crippen LogP contribution in [0.3, 0.4) is 0 Å². The standard InChI is InChI=1S/C15H22N2OS/c1-8(2)12-13(18)16-14(19-12)17-15-6-9-3-10(7-15)5-11(15)4-9/h8-11,18H,3-7H2,1-2H3,(H,16,17). The second-order valence-corrected chi connectivity index (χ2v) is 8.22. The number of nitrogens with one attached hydrogen (secondary N) is 1. The Morgan fingerprint density at radius 3 is 2.53 bits per heavy atom. The zero-order valence-electron chi connectivity index (χ0n) is 11.6. The van der Waals surface area contributed by atoms with Crippen LogP contribution in [-0.4, -0.2) is 15.6 Å². The van der Waals surface area contributed by atoms with Crippen molar-refractivity contribution in [1.29, 1.82) is 0 Å². The molecule has 1 aromatic rings. The third kappa shape index (κ3) is 1.72. The average Bonchev–Trinajstić information content (AvgIpc) is 2.86. The molecule has 3 nitrogen and oxygen atoms in total. The fraction of sp³-hybridized carbons (Fsp3) is 0.800. The van der Waals surface area contributed by atoms with Gasteiger partial charge in [0.1, 0.15) is 0 Å². The summed E-state index contributed by atoms with van der Waals surface area (Å²) >= 11 is 1.64. The molecule has 4 heteroatoms. The van der Waals surface area contributed by atoms with Crippen LogP contribution in [0.4, 0.5) is 5.13 Å². The van der Waals surface area contributed by atoms with E-state index in [1.807, 2.05) is 0 Å². The van der Waals surface area contributed by atoms with Gasteiger partial charge in [-0.25, -0.2) is 0 Å². The molecule has 0 aromatic carbocycles. The monoisotopic (exact) mass is 278 g/mol. The minimum atomic E-state index is 0.233. The number of rotatable bonds is 3. The molecule has 0 radical (unpaired) electrons. The normalized spacial score (nSPS) is 39.4. The molecule has 4 fully saturated rings. The van der Waals surface area contributed by atoms with Gasteiger partial charge in [0.15, 0.2) is 5.13 Å². The van der Waals surface area contributed by atoms with Gasteiger partial charge in [0, 0.05) is 5.54 Å². The molecule has 0 spiro atoms. The van der Waals surface area contributed by atoms with Gasteiger partial charge in [0.25, 0.3) is 0 Å². The molecule has 1 heterocycles. The molecule has 2 unspecified atom stereocenters. The summed E-state index contributed by atoms with van der Waals surface area (Å²) in [5.74, 6) is 3.33. The quantitative estimate of drug-likeness (QED) is 0.879. The molecule has 4 aliphatic rings. The van der Waals surface area contributed by atoms with Gasteiger partial charge in [-0.2, -0.15) is 4.98 Å². The van der Waals surface area contributed by atoms with Gasteiger partial charge in [-0.3, -0.25) is 0 Å². The molecule has 4 aliphatic carbocycles. The summed E-state index contributed by atoms with van der Waals surface area (Å²) in [4.78, 5) is 5.36. The van der Waals surface area contributed by atoms with Crippen molar-refractivity contribution in [2.45, 2.75) is 57.4 Å². The SMILES string of the molecule is CC(C)c1sc(NC23CC4CC(CC2C4)C3)nc1O. The van der Waals surface area contributed by atoms with Crippen molar-refractivity contribution in [3.8, 4) is 5.88 Å². The van der Waals surface area contributed by atoms with Gasteiger partial charge in [0.05, 0.1) is 4.88 Å². The first-order valence-corrected chi connectivity index (χ1v) is 8.35. The van der Waals surface area contributed by atoms with Gasteiger partial charge in [-0.05, 0) is 55.8 Å². The highest BCUT2D eigenvalue weighted by Crippen LogP contribution is 2.61. The Morgan fingerprint density at radius 1 is 1.26 bits per heavy atom. The number of nitrogens with zero attached hydrogens (tertiary/aromatic N) is 1. The zero-order valence-corrected chi connectivity index (χ0v) is 12.5. The molecule has 5 rings (SSSR count). The smallest absolute Gasteiger partial charge is 0.227 e. The van der Waals surface area contributed by atoms with Crippen LogP contribution in [0.15, 0.2) is 0 Å². The minimum absolute atomic E-state index is 0.233. The third-order valence-electron chi connectivity index (χ3n) is 5.50. The van der Waals surface area contributed by atoms with Gasteiger partial charge >= 0.3 is 0 Å². The number of aromatic nitrogens is 1. The van der Waals surface area contributed by atoms with Crippen molar-refractivity contribution in [3.63, 3.8) is 0 Å². The highest BCUT2D eigenvalue weighted by molar-refractivity contribution is 7.16. The largest absolute Gasteiger partial charge is 0.492 e. The summed E-state index contributed by atoms with van der Waals surface area (Å²) < 4.78 is 0. The van der Waals surface area contributed by atoms with E-state index in [1.54, 1.807) is 11.3 Å². The average molecular weight is 278 g/mol. The fourth-order valence-corrected chi connectivity index (χ4v) is 5.93. The molecule has 104 valence electrons. The van der Waals surface area contributed by atoms with Crippen molar-refractivity contribution in [3.05, 3.63) is 4.88 Å². The van der Waals surface area contributed by atoms with Crippen LogP contribution < -0.4 is 5.32 Å². The number of hydrogen-bond donors (Lipinski definition) is 2. The van der Waals surface area contributed by atoms with Gasteiger partial charge in [-0.1, -0.05) is 25.2 Å². The maximum absolute atomic E-state index is 9.93. The van der Waals surface area contributed by atoms with Crippen molar-refractivity contribution in [2.24, 2.45) is 17.8 Å². The predicted molar refractivity (Wildman–Crippen MR) is 77.8 cm³/mol. The van der Waals surface area contributed by atoms with E-state index < -0.39 is 0 Å². The van der Waals surface area contributed by atoms with E-state index in [0.29, 0.717) is 11.5 Å². The van der Waals surface area contributed by atoms with Crippen molar-refractivity contribution in [1.82, 2.24) is 4.98 Å². The summed E-state index contributed by atoms with van der Waals surface area (Å²) in [7, 11) is 0. The Bertz CT molecular complexity index is 496. The van der Waals surface area contributed by atoms with Crippen LogP contribution in [0.5, 0.6) is 5.88 Å². The number of hydrogen-bond acceptors (Lipinski definition) is 4. The lowest BCUT2D eigenvalue weighted by Gasteiger charge is -2.33. The number of anilines is 1. The molecular weight excluding hydrogens is 256 g/mol. The maximum atomic E-state index is 9.93. The van der Waals surface area contributed by atoms with E-state index >= 15 is 0 Å². The zero-order chi connectivity index (χ0) is 13.2. The van der Waals surface area contributed by atoms with Gasteiger partial charge < -0.3 is 10.4 Å². The van der Waals surface area contributed by atoms with E-state index in [0.717, 1.165) is 27.8 Å². The molecule has 0 saturated heterocycles. The molecule has 19 heavy (non-hydrogen) atoms. The molecular formula is C15H22N2OS. The van der Waals surface area contributed by atoms with Crippen molar-refractivity contribution < 1.29 is 5.11 Å². The molecule has 0 amide bonds. The summed E-state index contributed by atoms with van der Waals surface area (Å²) in [6.07, 6.45) is 6.94. The highest BCUT2D eigenvalue weighted by Gasteiger charge is 2.58. The summed E-state index contributed by atoms with van der Waals surface area (Å²) in [6, 6.07) is 0. The van der Waals surface area contributed by atoms with Gasteiger partial charge in [-0.15, -0.1) is 0 Å². The minimum Gasteiger partial charge on any atom is -0.492 e. The topological polar surface area (TPSA) is 45.2 Å². The van der Waals surface area contributed by atoms with E-state index in [2.05, 4.69) is 24.1 Å².